The third kappa shape index (κ3) is 7.38. The highest BCUT2D eigenvalue weighted by Gasteiger charge is 2.08. The Morgan fingerprint density at radius 3 is 1.71 bits per heavy atom. The molecule has 0 heterocycles. The number of methoxy groups -OCH3 is 1. The van der Waals surface area contributed by atoms with Crippen molar-refractivity contribution < 1.29 is 14.3 Å². The molecule has 0 N–H and O–H groups in total. The number of rotatable bonds is 8. The predicted molar refractivity (Wildman–Crippen MR) is 127 cm³/mol. The summed E-state index contributed by atoms with van der Waals surface area (Å²) in [5.74, 6) is -0.138. The lowest BCUT2D eigenvalue weighted by Gasteiger charge is -2.09. The molecule has 160 valence electrons. The first-order valence-corrected chi connectivity index (χ1v) is 10.5. The largest absolute Gasteiger partial charge is 0.469 e. The van der Waals surface area contributed by atoms with Crippen LogP contribution >= 0.6 is 0 Å². The highest BCUT2D eigenvalue weighted by atomic mass is 16.5. The van der Waals surface area contributed by atoms with E-state index in [-0.39, 0.29) is 18.2 Å². The van der Waals surface area contributed by atoms with E-state index < -0.39 is 0 Å². The molecule has 3 aromatic rings. The van der Waals surface area contributed by atoms with Crippen molar-refractivity contribution in [2.75, 3.05) is 7.11 Å². The second-order valence-corrected chi connectivity index (χ2v) is 7.01. The molecule has 0 aliphatic carbocycles. The summed E-state index contributed by atoms with van der Waals surface area (Å²) in [5, 5.41) is 0. The molecule has 0 aromatic heterocycles. The zero-order valence-electron chi connectivity index (χ0n) is 18.6. The Bertz CT molecular complexity index is 985. The van der Waals surface area contributed by atoms with Gasteiger partial charge < -0.3 is 4.74 Å². The van der Waals surface area contributed by atoms with E-state index in [0.29, 0.717) is 12.8 Å². The molecular formula is C28H30O3. The minimum atomic E-state index is -0.251. The summed E-state index contributed by atoms with van der Waals surface area (Å²) in [6.07, 6.45) is 1.37. The monoisotopic (exact) mass is 414 g/mol. The van der Waals surface area contributed by atoms with Crippen LogP contribution in [0.3, 0.4) is 0 Å². The van der Waals surface area contributed by atoms with Crippen LogP contribution in [-0.4, -0.2) is 18.9 Å². The number of carbonyl (C=O) groups excluding carboxylic acids is 2. The molecule has 0 spiro atoms. The molecule has 3 nitrogen and oxygen atoms in total. The Morgan fingerprint density at radius 2 is 1.16 bits per heavy atom. The van der Waals surface area contributed by atoms with E-state index in [0.717, 1.165) is 33.4 Å². The van der Waals surface area contributed by atoms with Crippen molar-refractivity contribution in [2.24, 2.45) is 0 Å². The lowest BCUT2D eigenvalue weighted by Crippen LogP contribution is -2.04. The normalized spacial score (nSPS) is 9.90. The molecule has 0 unspecified atom stereocenters. The number of benzene rings is 3. The highest BCUT2D eigenvalue weighted by molar-refractivity contribution is 5.97. The standard InChI is InChI=1S/C26H24O3.C2H6/c1-19(23-12-8-22(9-13-23)18-26(28)29-2)16-21-10-14-24(15-11-21)25(27)17-20-6-4-3-5-7-20;1-2/h3-15H,1,16-18H2,2H3;1-2H3. The van der Waals surface area contributed by atoms with Crippen molar-refractivity contribution >= 4 is 17.3 Å². The van der Waals surface area contributed by atoms with Gasteiger partial charge in [-0.25, -0.2) is 0 Å². The zero-order valence-corrected chi connectivity index (χ0v) is 18.6. The molecule has 0 amide bonds. The molecule has 31 heavy (non-hydrogen) atoms. The second kappa shape index (κ2) is 12.3. The lowest BCUT2D eigenvalue weighted by molar-refractivity contribution is -0.139. The molecule has 0 radical (unpaired) electrons. The van der Waals surface area contributed by atoms with E-state index in [9.17, 15) is 9.59 Å². The van der Waals surface area contributed by atoms with Crippen LogP contribution in [0.1, 0.15) is 46.5 Å². The Hall–Kier alpha value is -3.46. The van der Waals surface area contributed by atoms with Crippen LogP contribution in [0.15, 0.2) is 85.4 Å². The smallest absolute Gasteiger partial charge is 0.309 e. The van der Waals surface area contributed by atoms with Gasteiger partial charge in [0.2, 0.25) is 0 Å². The molecule has 0 aliphatic rings. The molecule has 0 fully saturated rings. The van der Waals surface area contributed by atoms with Crippen molar-refractivity contribution in [3.05, 3.63) is 113 Å². The van der Waals surface area contributed by atoms with E-state index in [1.54, 1.807) is 0 Å². The van der Waals surface area contributed by atoms with Gasteiger partial charge in [0.05, 0.1) is 13.5 Å². The van der Waals surface area contributed by atoms with Gasteiger partial charge in [0.15, 0.2) is 5.78 Å². The first-order valence-electron chi connectivity index (χ1n) is 10.5. The van der Waals surface area contributed by atoms with Crippen LogP contribution in [0.5, 0.6) is 0 Å². The quantitative estimate of drug-likeness (QED) is 0.330. The minimum absolute atomic E-state index is 0.114. The van der Waals surface area contributed by atoms with Gasteiger partial charge in [0.25, 0.3) is 0 Å². The lowest BCUT2D eigenvalue weighted by atomic mass is 9.96. The minimum Gasteiger partial charge on any atom is -0.469 e. The van der Waals surface area contributed by atoms with Crippen LogP contribution in [0.2, 0.25) is 0 Å². The van der Waals surface area contributed by atoms with E-state index in [1.807, 2.05) is 92.7 Å². The molecule has 3 aromatic carbocycles. The van der Waals surface area contributed by atoms with Crippen molar-refractivity contribution in [3.8, 4) is 0 Å². The van der Waals surface area contributed by atoms with Gasteiger partial charge in [-0.15, -0.1) is 0 Å². The van der Waals surface area contributed by atoms with Crippen LogP contribution in [-0.2, 0) is 28.8 Å². The van der Waals surface area contributed by atoms with Crippen molar-refractivity contribution in [3.63, 3.8) is 0 Å². The molecular weight excluding hydrogens is 384 g/mol. The summed E-state index contributed by atoms with van der Waals surface area (Å²) >= 11 is 0. The van der Waals surface area contributed by atoms with Gasteiger partial charge in [-0.2, -0.15) is 0 Å². The number of esters is 1. The summed E-state index contributed by atoms with van der Waals surface area (Å²) in [5.41, 5.74) is 5.77. The number of Topliss-reactive ketones (excluding diaryl/α,β-unsaturated/α-hetero) is 1. The first-order chi connectivity index (χ1) is 15.0. The summed E-state index contributed by atoms with van der Waals surface area (Å²) in [4.78, 5) is 23.8. The summed E-state index contributed by atoms with van der Waals surface area (Å²) in [6, 6.07) is 25.3. The maximum atomic E-state index is 12.4. The van der Waals surface area contributed by atoms with Crippen molar-refractivity contribution in [1.29, 1.82) is 0 Å². The number of hydrogen-bond acceptors (Lipinski definition) is 3. The van der Waals surface area contributed by atoms with Gasteiger partial charge in [0.1, 0.15) is 0 Å². The number of hydrogen-bond donors (Lipinski definition) is 0. The fraction of sp³-hybridized carbons (Fsp3) is 0.214. The fourth-order valence-corrected chi connectivity index (χ4v) is 3.14. The Balaban J connectivity index is 0.00000166. The average Bonchev–Trinajstić information content (AvgIpc) is 2.82. The van der Waals surface area contributed by atoms with Gasteiger partial charge in [-0.1, -0.05) is 99.3 Å². The zero-order chi connectivity index (χ0) is 22.6. The highest BCUT2D eigenvalue weighted by Crippen LogP contribution is 2.20. The van der Waals surface area contributed by atoms with Crippen LogP contribution in [0, 0.1) is 0 Å². The molecule has 0 saturated heterocycles. The van der Waals surface area contributed by atoms with Gasteiger partial charge in [0, 0.05) is 12.0 Å². The second-order valence-electron chi connectivity index (χ2n) is 7.01. The number of ketones is 1. The third-order valence-electron chi connectivity index (χ3n) is 4.84. The van der Waals surface area contributed by atoms with Gasteiger partial charge in [-0.05, 0) is 34.2 Å². The Kier molecular flexibility index (Phi) is 9.44. The number of ether oxygens (including phenoxy) is 1. The SMILES string of the molecule is C=C(Cc1ccc(C(=O)Cc2ccccc2)cc1)c1ccc(CC(=O)OC)cc1.CC. The van der Waals surface area contributed by atoms with E-state index in [1.165, 1.54) is 7.11 Å². The molecule has 3 rings (SSSR count). The first kappa shape index (κ1) is 23.8. The number of allylic oxidation sites excluding steroid dienone is 1. The fourth-order valence-electron chi connectivity index (χ4n) is 3.14. The summed E-state index contributed by atoms with van der Waals surface area (Å²) in [6.45, 7) is 8.18. The topological polar surface area (TPSA) is 43.4 Å². The van der Waals surface area contributed by atoms with Crippen molar-refractivity contribution in [2.45, 2.75) is 33.1 Å². The Labute approximate surface area is 185 Å². The van der Waals surface area contributed by atoms with Gasteiger partial charge in [-0.3, -0.25) is 9.59 Å². The average molecular weight is 415 g/mol. The molecule has 0 bridgehead atoms. The van der Waals surface area contributed by atoms with E-state index >= 15 is 0 Å². The molecule has 3 heteroatoms. The van der Waals surface area contributed by atoms with E-state index in [2.05, 4.69) is 11.3 Å². The van der Waals surface area contributed by atoms with Crippen molar-refractivity contribution in [1.82, 2.24) is 0 Å². The third-order valence-corrected chi connectivity index (χ3v) is 4.84. The molecule has 0 atom stereocenters. The summed E-state index contributed by atoms with van der Waals surface area (Å²) in [7, 11) is 1.39. The van der Waals surface area contributed by atoms with Gasteiger partial charge >= 0.3 is 5.97 Å². The molecule has 0 saturated carbocycles. The maximum Gasteiger partial charge on any atom is 0.309 e. The maximum absolute atomic E-state index is 12.4. The van der Waals surface area contributed by atoms with Crippen LogP contribution < -0.4 is 0 Å². The Morgan fingerprint density at radius 1 is 0.677 bits per heavy atom. The van der Waals surface area contributed by atoms with Crippen LogP contribution in [0.4, 0.5) is 0 Å². The molecule has 0 aliphatic heterocycles. The van der Waals surface area contributed by atoms with E-state index in [4.69, 9.17) is 0 Å². The summed E-state index contributed by atoms with van der Waals surface area (Å²) < 4.78 is 4.69. The van der Waals surface area contributed by atoms with Crippen LogP contribution in [0.25, 0.3) is 5.57 Å². The number of carbonyl (C=O) groups is 2. The predicted octanol–water partition coefficient (Wildman–Crippen LogP) is 6.11.